The van der Waals surface area contributed by atoms with E-state index < -0.39 is 23.2 Å². The molecule has 0 radical (unpaired) electrons. The lowest BCUT2D eigenvalue weighted by atomic mass is 9.85. The molecule has 2 saturated carbocycles. The Hall–Kier alpha value is -0.670. The molecule has 2 rings (SSSR count). The smallest absolute Gasteiger partial charge is 0.258 e. The van der Waals surface area contributed by atoms with Gasteiger partial charge in [-0.1, -0.05) is 12.8 Å². The van der Waals surface area contributed by atoms with Gasteiger partial charge in [0.25, 0.3) is 5.92 Å². The summed E-state index contributed by atoms with van der Waals surface area (Å²) in [7, 11) is 0. The summed E-state index contributed by atoms with van der Waals surface area (Å²) in [6, 6.07) is 0. The first-order chi connectivity index (χ1) is 6.01. The molecule has 0 spiro atoms. The lowest BCUT2D eigenvalue weighted by Gasteiger charge is -2.18. The molecule has 74 valence electrons. The van der Waals surface area contributed by atoms with Crippen LogP contribution in [0.2, 0.25) is 0 Å². The van der Waals surface area contributed by atoms with Gasteiger partial charge < -0.3 is 5.73 Å². The Morgan fingerprint density at radius 1 is 1.46 bits per heavy atom. The number of carbonyl (C=O) groups is 1. The third kappa shape index (κ3) is 1.00. The Labute approximate surface area is 75.5 Å². The fourth-order valence-corrected chi connectivity index (χ4v) is 2.82. The zero-order chi connectivity index (χ0) is 9.69. The standard InChI is InChI=1S/C9H13F2NO/c10-9(11)6-3-1-2-4-8(6,9)5-7(12)13/h6H,1-5H2,(H2,12,13). The van der Waals surface area contributed by atoms with Gasteiger partial charge in [0.2, 0.25) is 5.91 Å². The second-order valence-corrected chi connectivity index (χ2v) is 4.22. The van der Waals surface area contributed by atoms with Crippen LogP contribution >= 0.6 is 0 Å². The van der Waals surface area contributed by atoms with E-state index in [0.717, 1.165) is 12.8 Å². The van der Waals surface area contributed by atoms with Crippen LogP contribution in [0.3, 0.4) is 0 Å². The molecule has 2 atom stereocenters. The third-order valence-corrected chi connectivity index (χ3v) is 3.54. The van der Waals surface area contributed by atoms with Gasteiger partial charge in [0.15, 0.2) is 0 Å². The number of carbonyl (C=O) groups excluding carboxylic acids is 1. The maximum absolute atomic E-state index is 13.3. The molecule has 0 aromatic heterocycles. The molecule has 2 aliphatic rings. The van der Waals surface area contributed by atoms with Crippen LogP contribution in [-0.2, 0) is 4.79 Å². The van der Waals surface area contributed by atoms with Crippen molar-refractivity contribution in [2.45, 2.75) is 38.0 Å². The molecule has 0 heterocycles. The Bertz CT molecular complexity index is 254. The van der Waals surface area contributed by atoms with Crippen LogP contribution in [0.5, 0.6) is 0 Å². The fraction of sp³-hybridized carbons (Fsp3) is 0.889. The van der Waals surface area contributed by atoms with Crippen LogP contribution in [-0.4, -0.2) is 11.8 Å². The van der Waals surface area contributed by atoms with Gasteiger partial charge >= 0.3 is 0 Å². The van der Waals surface area contributed by atoms with Gasteiger partial charge in [-0.2, -0.15) is 0 Å². The minimum atomic E-state index is -2.63. The largest absolute Gasteiger partial charge is 0.370 e. The van der Waals surface area contributed by atoms with E-state index in [4.69, 9.17) is 5.73 Å². The van der Waals surface area contributed by atoms with Crippen molar-refractivity contribution >= 4 is 5.91 Å². The van der Waals surface area contributed by atoms with Gasteiger partial charge in [0.1, 0.15) is 0 Å². The molecule has 4 heteroatoms. The SMILES string of the molecule is NC(=O)CC12CCCCC1C2(F)F. The first-order valence-electron chi connectivity index (χ1n) is 4.67. The van der Waals surface area contributed by atoms with E-state index in [0.29, 0.717) is 12.8 Å². The number of amides is 1. The topological polar surface area (TPSA) is 43.1 Å². The predicted molar refractivity (Wildman–Crippen MR) is 43.1 cm³/mol. The molecular weight excluding hydrogens is 176 g/mol. The summed E-state index contributed by atoms with van der Waals surface area (Å²) >= 11 is 0. The van der Waals surface area contributed by atoms with Gasteiger partial charge in [-0.05, 0) is 12.8 Å². The zero-order valence-electron chi connectivity index (χ0n) is 7.35. The highest BCUT2D eigenvalue weighted by Gasteiger charge is 2.79. The van der Waals surface area contributed by atoms with Gasteiger partial charge in [-0.3, -0.25) is 4.79 Å². The Morgan fingerprint density at radius 2 is 2.15 bits per heavy atom. The monoisotopic (exact) mass is 189 g/mol. The molecule has 2 N–H and O–H groups in total. The maximum atomic E-state index is 13.3. The van der Waals surface area contributed by atoms with Crippen LogP contribution in [0.25, 0.3) is 0 Å². The lowest BCUT2D eigenvalue weighted by molar-refractivity contribution is -0.120. The van der Waals surface area contributed by atoms with Crippen LogP contribution in [0.15, 0.2) is 0 Å². The number of primary amides is 1. The summed E-state index contributed by atoms with van der Waals surface area (Å²) < 4.78 is 26.6. The summed E-state index contributed by atoms with van der Waals surface area (Å²) in [5.74, 6) is -3.79. The number of nitrogens with two attached hydrogens (primary N) is 1. The van der Waals surface area contributed by atoms with E-state index in [-0.39, 0.29) is 6.42 Å². The second-order valence-electron chi connectivity index (χ2n) is 4.22. The van der Waals surface area contributed by atoms with Gasteiger partial charge in [-0.25, -0.2) is 8.78 Å². The minimum Gasteiger partial charge on any atom is -0.370 e. The van der Waals surface area contributed by atoms with E-state index in [1.54, 1.807) is 0 Å². The average molecular weight is 189 g/mol. The number of halogens is 2. The lowest BCUT2D eigenvalue weighted by Crippen LogP contribution is -2.23. The van der Waals surface area contributed by atoms with E-state index in [2.05, 4.69) is 0 Å². The van der Waals surface area contributed by atoms with Crippen LogP contribution in [0.1, 0.15) is 32.1 Å². The Morgan fingerprint density at radius 3 is 2.69 bits per heavy atom. The van der Waals surface area contributed by atoms with Gasteiger partial charge in [0.05, 0.1) is 5.41 Å². The summed E-state index contributed by atoms with van der Waals surface area (Å²) in [5, 5.41) is 0. The maximum Gasteiger partial charge on any atom is 0.258 e. The van der Waals surface area contributed by atoms with E-state index >= 15 is 0 Å². The van der Waals surface area contributed by atoms with E-state index in [1.165, 1.54) is 0 Å². The van der Waals surface area contributed by atoms with Crippen molar-refractivity contribution in [3.8, 4) is 0 Å². The van der Waals surface area contributed by atoms with Crippen molar-refractivity contribution in [3.05, 3.63) is 0 Å². The molecule has 0 aliphatic heterocycles. The molecule has 0 aromatic carbocycles. The summed E-state index contributed by atoms with van der Waals surface area (Å²) in [6.45, 7) is 0. The summed E-state index contributed by atoms with van der Waals surface area (Å²) in [6.07, 6.45) is 2.55. The van der Waals surface area contributed by atoms with Crippen LogP contribution in [0, 0.1) is 11.3 Å². The highest BCUT2D eigenvalue weighted by Crippen LogP contribution is 2.73. The number of hydrogen-bond acceptors (Lipinski definition) is 1. The highest BCUT2D eigenvalue weighted by atomic mass is 19.3. The normalized spacial score (nSPS) is 40.9. The number of alkyl halides is 2. The summed E-state index contributed by atoms with van der Waals surface area (Å²) in [4.78, 5) is 10.7. The molecule has 0 saturated heterocycles. The molecule has 13 heavy (non-hydrogen) atoms. The molecule has 1 amide bonds. The van der Waals surface area contributed by atoms with Crippen molar-refractivity contribution in [2.24, 2.45) is 17.1 Å². The van der Waals surface area contributed by atoms with Crippen molar-refractivity contribution in [3.63, 3.8) is 0 Å². The molecule has 2 nitrogen and oxygen atoms in total. The molecular formula is C9H13F2NO. The van der Waals surface area contributed by atoms with Crippen molar-refractivity contribution in [2.75, 3.05) is 0 Å². The average Bonchev–Trinajstić information content (AvgIpc) is 2.48. The highest BCUT2D eigenvalue weighted by molar-refractivity contribution is 5.75. The van der Waals surface area contributed by atoms with Crippen LogP contribution in [0.4, 0.5) is 8.78 Å². The second kappa shape index (κ2) is 2.42. The first-order valence-corrected chi connectivity index (χ1v) is 4.67. The third-order valence-electron chi connectivity index (χ3n) is 3.54. The van der Waals surface area contributed by atoms with Gasteiger partial charge in [-0.15, -0.1) is 0 Å². The number of rotatable bonds is 2. The summed E-state index contributed by atoms with van der Waals surface area (Å²) in [5.41, 5.74) is 3.94. The predicted octanol–water partition coefficient (Wildman–Crippen LogP) is 1.69. The first kappa shape index (κ1) is 8.91. The molecule has 2 unspecified atom stereocenters. The van der Waals surface area contributed by atoms with Crippen molar-refractivity contribution in [1.82, 2.24) is 0 Å². The van der Waals surface area contributed by atoms with E-state index in [9.17, 15) is 13.6 Å². The Kier molecular flexibility index (Phi) is 1.66. The van der Waals surface area contributed by atoms with Crippen LogP contribution < -0.4 is 5.73 Å². The minimum absolute atomic E-state index is 0.134. The quantitative estimate of drug-likeness (QED) is 0.705. The molecule has 2 fully saturated rings. The van der Waals surface area contributed by atoms with Gasteiger partial charge in [0, 0.05) is 12.3 Å². The number of hydrogen-bond donors (Lipinski definition) is 1. The number of fused-ring (bicyclic) bond motifs is 1. The Balaban J connectivity index is 2.16. The molecule has 0 bridgehead atoms. The molecule has 0 aromatic rings. The molecule has 2 aliphatic carbocycles. The fourth-order valence-electron chi connectivity index (χ4n) is 2.82. The van der Waals surface area contributed by atoms with Crippen molar-refractivity contribution in [1.29, 1.82) is 0 Å². The van der Waals surface area contributed by atoms with E-state index in [1.807, 2.05) is 0 Å². The zero-order valence-corrected chi connectivity index (χ0v) is 7.35. The van der Waals surface area contributed by atoms with Crippen molar-refractivity contribution < 1.29 is 13.6 Å².